The fourth-order valence-electron chi connectivity index (χ4n) is 1.80. The predicted molar refractivity (Wildman–Crippen MR) is 88.0 cm³/mol. The molecule has 20 heavy (non-hydrogen) atoms. The third-order valence-corrected chi connectivity index (χ3v) is 4.98. The smallest absolute Gasteiger partial charge is 0.126 e. The Labute approximate surface area is 135 Å². The monoisotopic (exact) mass is 373 g/mol. The number of halogens is 3. The molecule has 0 saturated heterocycles. The van der Waals surface area contributed by atoms with E-state index in [1.54, 1.807) is 23.9 Å². The van der Waals surface area contributed by atoms with Crippen LogP contribution in [0.1, 0.15) is 5.56 Å². The van der Waals surface area contributed by atoms with Gasteiger partial charge in [-0.15, -0.1) is 11.8 Å². The fraction of sp³-hybridized carbons (Fsp3) is 0.200. The van der Waals surface area contributed by atoms with Crippen LogP contribution in [0.15, 0.2) is 51.8 Å². The van der Waals surface area contributed by atoms with Gasteiger partial charge in [-0.3, -0.25) is 0 Å². The van der Waals surface area contributed by atoms with Gasteiger partial charge in [-0.25, -0.2) is 4.39 Å². The molecule has 0 fully saturated rings. The second kappa shape index (κ2) is 7.46. The summed E-state index contributed by atoms with van der Waals surface area (Å²) in [4.78, 5) is 0.999. The van der Waals surface area contributed by atoms with E-state index in [-0.39, 0.29) is 11.9 Å². The average molecular weight is 375 g/mol. The van der Waals surface area contributed by atoms with Crippen LogP contribution in [0.3, 0.4) is 0 Å². The van der Waals surface area contributed by atoms with Gasteiger partial charge in [0.15, 0.2) is 0 Å². The zero-order valence-corrected chi connectivity index (χ0v) is 13.8. The number of rotatable bonds is 5. The Morgan fingerprint density at radius 1 is 1.25 bits per heavy atom. The molecule has 106 valence electrons. The molecule has 2 aromatic carbocycles. The highest BCUT2D eigenvalue weighted by molar-refractivity contribution is 9.10. The molecule has 0 aliphatic rings. The normalized spacial score (nSPS) is 12.4. The molecule has 2 N–H and O–H groups in total. The second-order valence-corrected chi connectivity index (χ2v) is 6.83. The standard InChI is InChI=1S/C15H14BrClFNS/c16-11-5-6-14(18)10(7-11)8-12(19)9-20-15-4-2-1-3-13(15)17/h1-7,12H,8-9,19H2. The van der Waals surface area contributed by atoms with Gasteiger partial charge in [0.25, 0.3) is 0 Å². The van der Waals surface area contributed by atoms with Gasteiger partial charge < -0.3 is 5.73 Å². The van der Waals surface area contributed by atoms with E-state index in [0.717, 1.165) is 14.4 Å². The molecule has 2 rings (SSSR count). The zero-order valence-electron chi connectivity index (χ0n) is 10.7. The summed E-state index contributed by atoms with van der Waals surface area (Å²) in [5.74, 6) is 0.474. The van der Waals surface area contributed by atoms with E-state index in [1.165, 1.54) is 6.07 Å². The molecule has 5 heteroatoms. The molecule has 0 aliphatic carbocycles. The van der Waals surface area contributed by atoms with Crippen LogP contribution in [0.5, 0.6) is 0 Å². The Bertz CT molecular complexity index is 594. The topological polar surface area (TPSA) is 26.0 Å². The van der Waals surface area contributed by atoms with Crippen molar-refractivity contribution in [3.63, 3.8) is 0 Å². The molecular weight excluding hydrogens is 361 g/mol. The van der Waals surface area contributed by atoms with Crippen LogP contribution in [0, 0.1) is 5.82 Å². The summed E-state index contributed by atoms with van der Waals surface area (Å²) in [5.41, 5.74) is 6.71. The first-order chi connectivity index (χ1) is 9.56. The molecule has 0 bridgehead atoms. The minimum absolute atomic E-state index is 0.125. The lowest BCUT2D eigenvalue weighted by Gasteiger charge is -2.13. The van der Waals surface area contributed by atoms with E-state index in [1.807, 2.05) is 24.3 Å². The summed E-state index contributed by atoms with van der Waals surface area (Å²) in [6, 6.07) is 12.4. The highest BCUT2D eigenvalue weighted by Gasteiger charge is 2.10. The lowest BCUT2D eigenvalue weighted by Crippen LogP contribution is -2.26. The summed E-state index contributed by atoms with van der Waals surface area (Å²) >= 11 is 11.0. The predicted octanol–water partition coefficient (Wildman–Crippen LogP) is 4.90. The summed E-state index contributed by atoms with van der Waals surface area (Å²) in [6.45, 7) is 0. The van der Waals surface area contributed by atoms with E-state index < -0.39 is 0 Å². The number of thioether (sulfide) groups is 1. The van der Waals surface area contributed by atoms with Crippen molar-refractivity contribution in [3.05, 3.63) is 63.3 Å². The summed E-state index contributed by atoms with van der Waals surface area (Å²) < 4.78 is 14.5. The van der Waals surface area contributed by atoms with Crippen LogP contribution in [0.4, 0.5) is 4.39 Å². The van der Waals surface area contributed by atoms with Crippen molar-refractivity contribution < 1.29 is 4.39 Å². The molecule has 1 nitrogen and oxygen atoms in total. The largest absolute Gasteiger partial charge is 0.327 e. The van der Waals surface area contributed by atoms with Crippen molar-refractivity contribution in [2.24, 2.45) is 5.73 Å². The van der Waals surface area contributed by atoms with E-state index in [9.17, 15) is 4.39 Å². The van der Waals surface area contributed by atoms with Crippen molar-refractivity contribution in [1.82, 2.24) is 0 Å². The van der Waals surface area contributed by atoms with Gasteiger partial charge in [0.05, 0.1) is 5.02 Å². The van der Waals surface area contributed by atoms with Crippen molar-refractivity contribution in [2.45, 2.75) is 17.4 Å². The number of nitrogens with two attached hydrogens (primary N) is 1. The van der Waals surface area contributed by atoms with Gasteiger partial charge in [-0.05, 0) is 42.3 Å². The lowest BCUT2D eigenvalue weighted by atomic mass is 10.1. The number of hydrogen-bond acceptors (Lipinski definition) is 2. The summed E-state index contributed by atoms with van der Waals surface area (Å²) in [7, 11) is 0. The Balaban J connectivity index is 1.94. The maximum absolute atomic E-state index is 13.7. The van der Waals surface area contributed by atoms with Crippen molar-refractivity contribution in [1.29, 1.82) is 0 Å². The Morgan fingerprint density at radius 3 is 2.75 bits per heavy atom. The van der Waals surface area contributed by atoms with Crippen LogP contribution in [0.25, 0.3) is 0 Å². The van der Waals surface area contributed by atoms with Gasteiger partial charge in [-0.2, -0.15) is 0 Å². The maximum Gasteiger partial charge on any atom is 0.126 e. The summed E-state index contributed by atoms with van der Waals surface area (Å²) in [6.07, 6.45) is 0.503. The van der Waals surface area contributed by atoms with Crippen molar-refractivity contribution >= 4 is 39.3 Å². The highest BCUT2D eigenvalue weighted by atomic mass is 79.9. The van der Waals surface area contributed by atoms with Crippen LogP contribution in [-0.2, 0) is 6.42 Å². The van der Waals surface area contributed by atoms with E-state index >= 15 is 0 Å². The molecule has 0 saturated carbocycles. The average Bonchev–Trinajstić information content (AvgIpc) is 2.42. The zero-order chi connectivity index (χ0) is 14.5. The van der Waals surface area contributed by atoms with Gasteiger partial charge in [0, 0.05) is 21.2 Å². The van der Waals surface area contributed by atoms with Crippen LogP contribution < -0.4 is 5.73 Å². The lowest BCUT2D eigenvalue weighted by molar-refractivity contribution is 0.597. The SMILES string of the molecule is NC(CSc1ccccc1Cl)Cc1cc(Br)ccc1F. The first-order valence-corrected chi connectivity index (χ1v) is 8.29. The van der Waals surface area contributed by atoms with E-state index in [2.05, 4.69) is 15.9 Å². The molecular formula is C15H14BrClFNS. The Morgan fingerprint density at radius 2 is 2.00 bits per heavy atom. The molecule has 1 unspecified atom stereocenters. The van der Waals surface area contributed by atoms with Crippen molar-refractivity contribution in [2.75, 3.05) is 5.75 Å². The highest BCUT2D eigenvalue weighted by Crippen LogP contribution is 2.27. The second-order valence-electron chi connectivity index (χ2n) is 4.44. The van der Waals surface area contributed by atoms with Gasteiger partial charge >= 0.3 is 0 Å². The molecule has 1 atom stereocenters. The van der Waals surface area contributed by atoms with E-state index in [0.29, 0.717) is 17.7 Å². The third-order valence-electron chi connectivity index (χ3n) is 2.78. The van der Waals surface area contributed by atoms with Gasteiger partial charge in [0.2, 0.25) is 0 Å². The summed E-state index contributed by atoms with van der Waals surface area (Å²) in [5, 5.41) is 0.721. The first kappa shape index (κ1) is 15.8. The Hall–Kier alpha value is -0.550. The first-order valence-electron chi connectivity index (χ1n) is 6.13. The quantitative estimate of drug-likeness (QED) is 0.753. The third kappa shape index (κ3) is 4.48. The molecule has 0 aromatic heterocycles. The number of benzene rings is 2. The molecule has 0 heterocycles. The molecule has 2 aromatic rings. The molecule has 0 amide bonds. The minimum Gasteiger partial charge on any atom is -0.327 e. The van der Waals surface area contributed by atoms with Gasteiger partial charge in [-0.1, -0.05) is 39.7 Å². The Kier molecular flexibility index (Phi) is 5.90. The molecule has 0 aliphatic heterocycles. The minimum atomic E-state index is -0.216. The molecule has 0 radical (unpaired) electrons. The van der Waals surface area contributed by atoms with Crippen molar-refractivity contribution in [3.8, 4) is 0 Å². The van der Waals surface area contributed by atoms with Gasteiger partial charge in [0.1, 0.15) is 5.82 Å². The van der Waals surface area contributed by atoms with E-state index in [4.69, 9.17) is 17.3 Å². The fourth-order valence-corrected chi connectivity index (χ4v) is 3.40. The number of hydrogen-bond donors (Lipinski definition) is 1. The van der Waals surface area contributed by atoms with Crippen LogP contribution >= 0.6 is 39.3 Å². The molecule has 0 spiro atoms. The van der Waals surface area contributed by atoms with Crippen LogP contribution in [-0.4, -0.2) is 11.8 Å². The maximum atomic E-state index is 13.7. The van der Waals surface area contributed by atoms with Crippen LogP contribution in [0.2, 0.25) is 5.02 Å².